The summed E-state index contributed by atoms with van der Waals surface area (Å²) < 4.78 is 35.9. The average Bonchev–Trinajstić information content (AvgIpc) is 2.81. The minimum Gasteiger partial charge on any atom is -0.373 e. The van der Waals surface area contributed by atoms with Crippen molar-refractivity contribution in [1.82, 2.24) is 4.98 Å². The topological polar surface area (TPSA) is 43.4 Å². The van der Waals surface area contributed by atoms with E-state index in [2.05, 4.69) is 10.3 Å². The van der Waals surface area contributed by atoms with Crippen LogP contribution in [0, 0.1) is 0 Å². The van der Waals surface area contributed by atoms with Crippen molar-refractivity contribution in [3.8, 4) is 0 Å². The van der Waals surface area contributed by atoms with E-state index in [0.717, 1.165) is 0 Å². The third kappa shape index (κ3) is 2.12. The largest absolute Gasteiger partial charge is 0.373 e. The second kappa shape index (κ2) is 4.71. The summed E-state index contributed by atoms with van der Waals surface area (Å²) in [7, 11) is 1.67. The third-order valence-electron chi connectivity index (χ3n) is 2.29. The van der Waals surface area contributed by atoms with Gasteiger partial charge in [-0.05, 0) is 12.1 Å². The van der Waals surface area contributed by atoms with Crippen molar-refractivity contribution in [3.63, 3.8) is 0 Å². The van der Waals surface area contributed by atoms with E-state index in [0.29, 0.717) is 19.0 Å². The first kappa shape index (κ1) is 11.2. The summed E-state index contributed by atoms with van der Waals surface area (Å²) in [5.74, 6) is 0.513. The Bertz CT molecular complexity index is 368. The fraction of sp³-hybridized carbons (Fsp3) is 0.500. The number of hydrogen-bond acceptors (Lipinski definition) is 4. The van der Waals surface area contributed by atoms with E-state index in [4.69, 9.17) is 9.47 Å². The molecule has 2 rings (SSSR count). The molecule has 0 atom stereocenters. The molecule has 0 unspecified atom stereocenters. The van der Waals surface area contributed by atoms with Crippen molar-refractivity contribution in [3.05, 3.63) is 23.4 Å². The van der Waals surface area contributed by atoms with Gasteiger partial charge in [0, 0.05) is 12.6 Å². The van der Waals surface area contributed by atoms with Crippen LogP contribution in [0.5, 0.6) is 0 Å². The summed E-state index contributed by atoms with van der Waals surface area (Å²) in [6.07, 6.45) is -3.36. The van der Waals surface area contributed by atoms with Crippen molar-refractivity contribution in [2.75, 3.05) is 25.6 Å². The van der Waals surface area contributed by atoms with Gasteiger partial charge in [-0.25, -0.2) is 13.8 Å². The van der Waals surface area contributed by atoms with E-state index in [1.807, 2.05) is 0 Å². The van der Waals surface area contributed by atoms with Crippen molar-refractivity contribution in [1.29, 1.82) is 0 Å². The summed E-state index contributed by atoms with van der Waals surface area (Å²) in [5.41, 5.74) is 0.00486. The van der Waals surface area contributed by atoms with Gasteiger partial charge in [-0.3, -0.25) is 0 Å². The summed E-state index contributed by atoms with van der Waals surface area (Å²) in [6.45, 7) is 0.803. The first-order chi connectivity index (χ1) is 7.72. The van der Waals surface area contributed by atoms with Gasteiger partial charge >= 0.3 is 0 Å². The Hall–Kier alpha value is -1.27. The van der Waals surface area contributed by atoms with E-state index >= 15 is 0 Å². The van der Waals surface area contributed by atoms with Gasteiger partial charge in [-0.15, -0.1) is 0 Å². The molecule has 0 aromatic carbocycles. The molecule has 0 saturated carbocycles. The molecule has 16 heavy (non-hydrogen) atoms. The molecular formula is C10H12F2N2O2. The van der Waals surface area contributed by atoms with Gasteiger partial charge < -0.3 is 14.8 Å². The standard InChI is InChI=1S/C10H12F2N2O2/c1-13-7-3-2-6(9(11)12)8(14-7)10-15-4-5-16-10/h2-3,9-10H,4-5H2,1H3,(H,13,14). The molecule has 88 valence electrons. The molecule has 0 aliphatic carbocycles. The fourth-order valence-corrected chi connectivity index (χ4v) is 1.51. The highest BCUT2D eigenvalue weighted by molar-refractivity contribution is 5.39. The minimum absolute atomic E-state index is 0.147. The molecule has 0 radical (unpaired) electrons. The summed E-state index contributed by atoms with van der Waals surface area (Å²) >= 11 is 0. The smallest absolute Gasteiger partial charge is 0.265 e. The second-order valence-corrected chi connectivity index (χ2v) is 3.30. The maximum absolute atomic E-state index is 12.7. The lowest BCUT2D eigenvalue weighted by Crippen LogP contribution is -2.08. The number of anilines is 1. The van der Waals surface area contributed by atoms with Gasteiger partial charge in [0.2, 0.25) is 6.29 Å². The molecule has 1 N–H and O–H groups in total. The molecule has 1 aliphatic rings. The molecule has 1 aromatic rings. The van der Waals surface area contributed by atoms with Gasteiger partial charge in [0.15, 0.2) is 0 Å². The quantitative estimate of drug-likeness (QED) is 0.863. The van der Waals surface area contributed by atoms with E-state index in [1.165, 1.54) is 12.1 Å². The molecule has 1 aromatic heterocycles. The molecular weight excluding hydrogens is 218 g/mol. The lowest BCUT2D eigenvalue weighted by molar-refractivity contribution is -0.0497. The molecule has 0 bridgehead atoms. The van der Waals surface area contributed by atoms with Crippen LogP contribution < -0.4 is 5.32 Å². The summed E-state index contributed by atoms with van der Waals surface area (Å²) in [4.78, 5) is 4.05. The number of ether oxygens (including phenoxy) is 2. The van der Waals surface area contributed by atoms with E-state index in [9.17, 15) is 8.78 Å². The number of rotatable bonds is 3. The number of nitrogens with zero attached hydrogens (tertiary/aromatic N) is 1. The first-order valence-electron chi connectivity index (χ1n) is 4.92. The highest BCUT2D eigenvalue weighted by Gasteiger charge is 2.26. The van der Waals surface area contributed by atoms with Crippen LogP contribution in [0.2, 0.25) is 0 Å². The molecule has 0 spiro atoms. The van der Waals surface area contributed by atoms with Crippen LogP contribution in [-0.4, -0.2) is 25.2 Å². The Labute approximate surface area is 91.6 Å². The first-order valence-corrected chi connectivity index (χ1v) is 4.92. The number of halogens is 2. The van der Waals surface area contributed by atoms with Gasteiger partial charge in [0.25, 0.3) is 6.43 Å². The highest BCUT2D eigenvalue weighted by atomic mass is 19.3. The van der Waals surface area contributed by atoms with Crippen LogP contribution in [0.3, 0.4) is 0 Å². The monoisotopic (exact) mass is 230 g/mol. The SMILES string of the molecule is CNc1ccc(C(F)F)c(C2OCCO2)n1. The zero-order valence-corrected chi connectivity index (χ0v) is 8.74. The van der Waals surface area contributed by atoms with E-state index < -0.39 is 12.7 Å². The van der Waals surface area contributed by atoms with Gasteiger partial charge in [-0.2, -0.15) is 0 Å². The van der Waals surface area contributed by atoms with Gasteiger partial charge in [-0.1, -0.05) is 0 Å². The second-order valence-electron chi connectivity index (χ2n) is 3.30. The van der Waals surface area contributed by atoms with E-state index in [1.54, 1.807) is 7.05 Å². The normalized spacial score (nSPS) is 17.0. The van der Waals surface area contributed by atoms with Crippen molar-refractivity contribution >= 4 is 5.82 Å². The Morgan fingerprint density at radius 3 is 2.62 bits per heavy atom. The lowest BCUT2D eigenvalue weighted by Gasteiger charge is -2.14. The van der Waals surface area contributed by atoms with E-state index in [-0.39, 0.29) is 11.3 Å². The predicted molar refractivity (Wildman–Crippen MR) is 53.4 cm³/mol. The maximum Gasteiger partial charge on any atom is 0.265 e. The number of pyridine rings is 1. The molecule has 2 heterocycles. The van der Waals surface area contributed by atoms with Gasteiger partial charge in [0.1, 0.15) is 11.5 Å². The van der Waals surface area contributed by atoms with Crippen LogP contribution in [0.15, 0.2) is 12.1 Å². The number of nitrogens with one attached hydrogen (secondary N) is 1. The average molecular weight is 230 g/mol. The molecule has 0 amide bonds. The van der Waals surface area contributed by atoms with Crippen LogP contribution in [0.25, 0.3) is 0 Å². The Kier molecular flexibility index (Phi) is 3.31. The minimum atomic E-state index is -2.58. The molecule has 6 heteroatoms. The highest BCUT2D eigenvalue weighted by Crippen LogP contribution is 2.31. The van der Waals surface area contributed by atoms with Crippen molar-refractivity contribution < 1.29 is 18.3 Å². The maximum atomic E-state index is 12.7. The van der Waals surface area contributed by atoms with Crippen LogP contribution in [0.4, 0.5) is 14.6 Å². The van der Waals surface area contributed by atoms with Gasteiger partial charge in [0.05, 0.1) is 13.2 Å². The van der Waals surface area contributed by atoms with Crippen LogP contribution >= 0.6 is 0 Å². The predicted octanol–water partition coefficient (Wildman–Crippen LogP) is 2.11. The molecule has 1 aliphatic heterocycles. The molecule has 1 fully saturated rings. The van der Waals surface area contributed by atoms with Crippen LogP contribution in [-0.2, 0) is 9.47 Å². The zero-order valence-electron chi connectivity index (χ0n) is 8.74. The lowest BCUT2D eigenvalue weighted by atomic mass is 10.2. The fourth-order valence-electron chi connectivity index (χ4n) is 1.51. The Balaban J connectivity index is 2.37. The molecule has 4 nitrogen and oxygen atoms in total. The third-order valence-corrected chi connectivity index (χ3v) is 2.29. The van der Waals surface area contributed by atoms with Crippen molar-refractivity contribution in [2.24, 2.45) is 0 Å². The van der Waals surface area contributed by atoms with Crippen LogP contribution in [0.1, 0.15) is 24.0 Å². The Morgan fingerprint density at radius 2 is 2.06 bits per heavy atom. The summed E-state index contributed by atoms with van der Waals surface area (Å²) in [5, 5.41) is 2.79. The zero-order chi connectivity index (χ0) is 11.5. The van der Waals surface area contributed by atoms with Crippen molar-refractivity contribution in [2.45, 2.75) is 12.7 Å². The number of alkyl halides is 2. The number of hydrogen-bond donors (Lipinski definition) is 1. The number of aromatic nitrogens is 1. The Morgan fingerprint density at radius 1 is 1.38 bits per heavy atom. The molecule has 1 saturated heterocycles. The summed E-state index contributed by atoms with van der Waals surface area (Å²) in [6, 6.07) is 2.84.